The molecule has 0 aliphatic heterocycles. The number of thiophene rings is 1. The van der Waals surface area contributed by atoms with E-state index in [9.17, 15) is 9.59 Å². The molecule has 2 heterocycles. The van der Waals surface area contributed by atoms with Gasteiger partial charge in [0.15, 0.2) is 0 Å². The van der Waals surface area contributed by atoms with Crippen molar-refractivity contribution in [2.24, 2.45) is 5.92 Å². The summed E-state index contributed by atoms with van der Waals surface area (Å²) in [6, 6.07) is 9.56. The third-order valence-electron chi connectivity index (χ3n) is 5.08. The molecule has 1 aliphatic rings. The number of fused-ring (bicyclic) bond motifs is 3. The summed E-state index contributed by atoms with van der Waals surface area (Å²) < 4.78 is 6.83. The molecule has 0 saturated carbocycles. The van der Waals surface area contributed by atoms with Gasteiger partial charge in [-0.25, -0.2) is 4.98 Å². The van der Waals surface area contributed by atoms with Gasteiger partial charge in [0.25, 0.3) is 5.56 Å². The molecular formula is C21H22N2O3S. The molecule has 1 atom stereocenters. The Morgan fingerprint density at radius 2 is 2.15 bits per heavy atom. The van der Waals surface area contributed by atoms with E-state index >= 15 is 0 Å². The Kier molecular flexibility index (Phi) is 5.07. The van der Waals surface area contributed by atoms with Crippen LogP contribution < -0.4 is 5.56 Å². The van der Waals surface area contributed by atoms with Crippen molar-refractivity contribution in [3.8, 4) is 0 Å². The number of esters is 1. The Hall–Kier alpha value is -2.47. The second-order valence-corrected chi connectivity index (χ2v) is 8.25. The molecule has 0 radical (unpaired) electrons. The zero-order chi connectivity index (χ0) is 18.8. The lowest BCUT2D eigenvalue weighted by molar-refractivity contribution is -0.145. The van der Waals surface area contributed by atoms with E-state index in [1.807, 2.05) is 30.3 Å². The van der Waals surface area contributed by atoms with E-state index in [4.69, 9.17) is 4.74 Å². The molecule has 0 fully saturated rings. The van der Waals surface area contributed by atoms with E-state index in [0.29, 0.717) is 5.92 Å². The zero-order valence-corrected chi connectivity index (χ0v) is 16.1. The lowest BCUT2D eigenvalue weighted by atomic mass is 9.89. The Labute approximate surface area is 161 Å². The fourth-order valence-corrected chi connectivity index (χ4v) is 4.89. The van der Waals surface area contributed by atoms with Crippen LogP contribution in [0, 0.1) is 5.92 Å². The van der Waals surface area contributed by atoms with Crippen LogP contribution in [0.2, 0.25) is 0 Å². The molecule has 1 aromatic carbocycles. The third-order valence-corrected chi connectivity index (χ3v) is 6.24. The van der Waals surface area contributed by atoms with Crippen molar-refractivity contribution in [2.45, 2.75) is 45.8 Å². The maximum Gasteiger partial charge on any atom is 0.307 e. The van der Waals surface area contributed by atoms with Crippen molar-refractivity contribution >= 4 is 27.5 Å². The van der Waals surface area contributed by atoms with Crippen LogP contribution in [0.25, 0.3) is 10.2 Å². The van der Waals surface area contributed by atoms with Gasteiger partial charge in [0.2, 0.25) is 0 Å². The quantitative estimate of drug-likeness (QED) is 0.631. The molecule has 27 heavy (non-hydrogen) atoms. The smallest absolute Gasteiger partial charge is 0.307 e. The minimum atomic E-state index is -0.313. The van der Waals surface area contributed by atoms with E-state index in [1.165, 1.54) is 15.0 Å². The molecule has 6 heteroatoms. The Morgan fingerprint density at radius 1 is 1.33 bits per heavy atom. The highest BCUT2D eigenvalue weighted by atomic mass is 32.1. The standard InChI is InChI=1S/C21H22N2O3S/c1-14-7-8-16-17(11-14)27-20-19(16)21(25)23(13-22-20)10-9-18(24)26-12-15-5-3-2-4-6-15/h2-6,13-14H,7-12H2,1H3. The molecular weight excluding hydrogens is 360 g/mol. The van der Waals surface area contributed by atoms with Gasteiger partial charge in [0, 0.05) is 11.4 Å². The van der Waals surface area contributed by atoms with Gasteiger partial charge in [-0.05, 0) is 36.3 Å². The zero-order valence-electron chi connectivity index (χ0n) is 15.3. The molecule has 0 spiro atoms. The van der Waals surface area contributed by atoms with E-state index in [-0.39, 0.29) is 31.1 Å². The van der Waals surface area contributed by atoms with Crippen LogP contribution in [0.15, 0.2) is 41.5 Å². The van der Waals surface area contributed by atoms with Gasteiger partial charge >= 0.3 is 5.97 Å². The van der Waals surface area contributed by atoms with Crippen LogP contribution in [0.4, 0.5) is 0 Å². The SMILES string of the molecule is CC1CCc2c(sc3ncn(CCC(=O)OCc4ccccc4)c(=O)c23)C1. The molecule has 1 unspecified atom stereocenters. The number of benzene rings is 1. The van der Waals surface area contributed by atoms with E-state index in [2.05, 4.69) is 11.9 Å². The fraction of sp³-hybridized carbons (Fsp3) is 0.381. The van der Waals surface area contributed by atoms with E-state index in [0.717, 1.165) is 35.0 Å². The predicted octanol–water partition coefficient (Wildman–Crippen LogP) is 3.72. The van der Waals surface area contributed by atoms with Crippen molar-refractivity contribution in [3.63, 3.8) is 0 Å². The lowest BCUT2D eigenvalue weighted by Crippen LogP contribution is -2.23. The number of ether oxygens (including phenoxy) is 1. The number of rotatable bonds is 5. The lowest BCUT2D eigenvalue weighted by Gasteiger charge is -2.17. The molecule has 0 bridgehead atoms. The fourth-order valence-electron chi connectivity index (χ4n) is 3.55. The van der Waals surface area contributed by atoms with Crippen LogP contribution in [-0.4, -0.2) is 15.5 Å². The van der Waals surface area contributed by atoms with Crippen LogP contribution in [0.5, 0.6) is 0 Å². The predicted molar refractivity (Wildman–Crippen MR) is 106 cm³/mol. The number of hydrogen-bond donors (Lipinski definition) is 0. The largest absolute Gasteiger partial charge is 0.461 e. The van der Waals surface area contributed by atoms with Gasteiger partial charge in [-0.3, -0.25) is 14.2 Å². The minimum Gasteiger partial charge on any atom is -0.461 e. The summed E-state index contributed by atoms with van der Waals surface area (Å²) in [5.41, 5.74) is 2.08. The maximum absolute atomic E-state index is 12.9. The average Bonchev–Trinajstić information content (AvgIpc) is 3.05. The van der Waals surface area contributed by atoms with Crippen molar-refractivity contribution in [1.29, 1.82) is 0 Å². The van der Waals surface area contributed by atoms with Crippen LogP contribution in [0.3, 0.4) is 0 Å². The molecule has 4 rings (SSSR count). The third kappa shape index (κ3) is 3.81. The van der Waals surface area contributed by atoms with E-state index < -0.39 is 0 Å². The van der Waals surface area contributed by atoms with Crippen LogP contribution in [0.1, 0.15) is 35.8 Å². The molecule has 2 aromatic heterocycles. The molecule has 0 N–H and O–H groups in total. The summed E-state index contributed by atoms with van der Waals surface area (Å²) in [4.78, 5) is 31.5. The first-order valence-corrected chi connectivity index (χ1v) is 10.1. The number of nitrogens with zero attached hydrogens (tertiary/aromatic N) is 2. The van der Waals surface area contributed by atoms with Gasteiger partial charge < -0.3 is 4.74 Å². The average molecular weight is 382 g/mol. The number of hydrogen-bond acceptors (Lipinski definition) is 5. The minimum absolute atomic E-state index is 0.0390. The monoisotopic (exact) mass is 382 g/mol. The van der Waals surface area contributed by atoms with Gasteiger partial charge in [-0.1, -0.05) is 37.3 Å². The summed E-state index contributed by atoms with van der Waals surface area (Å²) in [7, 11) is 0. The first-order chi connectivity index (χ1) is 13.1. The molecule has 0 saturated heterocycles. The number of aryl methyl sites for hydroxylation is 2. The van der Waals surface area contributed by atoms with E-state index in [1.54, 1.807) is 17.7 Å². The van der Waals surface area contributed by atoms with Crippen LogP contribution >= 0.6 is 11.3 Å². The summed E-state index contributed by atoms with van der Waals surface area (Å²) in [6.45, 7) is 2.79. The second kappa shape index (κ2) is 7.64. The maximum atomic E-state index is 12.9. The molecule has 140 valence electrons. The van der Waals surface area contributed by atoms with Crippen molar-refractivity contribution in [1.82, 2.24) is 9.55 Å². The van der Waals surface area contributed by atoms with Crippen LogP contribution in [-0.2, 0) is 35.5 Å². The summed E-state index contributed by atoms with van der Waals surface area (Å²) in [6.07, 6.45) is 4.79. The first-order valence-electron chi connectivity index (χ1n) is 9.31. The highest BCUT2D eigenvalue weighted by Crippen LogP contribution is 2.35. The van der Waals surface area contributed by atoms with Crippen molar-refractivity contribution in [2.75, 3.05) is 0 Å². The van der Waals surface area contributed by atoms with Crippen molar-refractivity contribution < 1.29 is 9.53 Å². The summed E-state index contributed by atoms with van der Waals surface area (Å²) in [5.74, 6) is 0.346. The molecule has 5 nitrogen and oxygen atoms in total. The second-order valence-electron chi connectivity index (χ2n) is 7.17. The van der Waals surface area contributed by atoms with Gasteiger partial charge in [0.05, 0.1) is 18.1 Å². The van der Waals surface area contributed by atoms with Gasteiger partial charge in [-0.2, -0.15) is 0 Å². The Bertz CT molecular complexity index is 1020. The highest BCUT2D eigenvalue weighted by molar-refractivity contribution is 7.18. The number of aromatic nitrogens is 2. The highest BCUT2D eigenvalue weighted by Gasteiger charge is 2.23. The Morgan fingerprint density at radius 3 is 2.96 bits per heavy atom. The molecule has 1 aliphatic carbocycles. The van der Waals surface area contributed by atoms with Gasteiger partial charge in [0.1, 0.15) is 11.4 Å². The number of carbonyl (C=O) groups excluding carboxylic acids is 1. The topological polar surface area (TPSA) is 61.2 Å². The normalized spacial score (nSPS) is 16.3. The van der Waals surface area contributed by atoms with Gasteiger partial charge in [-0.15, -0.1) is 11.3 Å². The summed E-state index contributed by atoms with van der Waals surface area (Å²) in [5, 5.41) is 0.752. The Balaban J connectivity index is 1.45. The molecule has 3 aromatic rings. The van der Waals surface area contributed by atoms with Crippen molar-refractivity contribution in [3.05, 3.63) is 63.0 Å². The molecule has 0 amide bonds. The first kappa shape index (κ1) is 17.9. The summed E-state index contributed by atoms with van der Waals surface area (Å²) >= 11 is 1.64. The number of carbonyl (C=O) groups is 1.